The van der Waals surface area contributed by atoms with Gasteiger partial charge in [0, 0.05) is 12.1 Å². The van der Waals surface area contributed by atoms with E-state index in [-0.39, 0.29) is 11.5 Å². The molecule has 0 aromatic heterocycles. The van der Waals surface area contributed by atoms with Crippen LogP contribution in [0, 0.1) is 0 Å². The molecular weight excluding hydrogens is 639 g/mol. The summed E-state index contributed by atoms with van der Waals surface area (Å²) in [5, 5.41) is 19.7. The van der Waals surface area contributed by atoms with E-state index in [1.807, 2.05) is 36.4 Å². The Morgan fingerprint density at radius 3 is 1.35 bits per heavy atom. The van der Waals surface area contributed by atoms with E-state index < -0.39 is 73.3 Å². The van der Waals surface area contributed by atoms with Crippen LogP contribution in [0.1, 0.15) is 16.7 Å². The SMILES string of the molecule is O=S(=O)([O-])c1c(C(F)(F)F)cc(C(F)(F)F)cc1C(F)(F)F.Oc1ccc([S+](c2ccccc2)c2ccccc2)c(O)c1. The maximum Gasteiger partial charge on any atom is 0.417 e. The first kappa shape index (κ1) is 33.6. The van der Waals surface area contributed by atoms with Crippen molar-refractivity contribution in [3.8, 4) is 11.5 Å². The first-order chi connectivity index (χ1) is 19.7. The Labute approximate surface area is 241 Å². The summed E-state index contributed by atoms with van der Waals surface area (Å²) in [6.07, 6.45) is -17.5. The van der Waals surface area contributed by atoms with Crippen molar-refractivity contribution in [1.82, 2.24) is 0 Å². The van der Waals surface area contributed by atoms with Crippen LogP contribution in [-0.2, 0) is 39.5 Å². The predicted octanol–water partition coefficient (Wildman–Crippen LogP) is 7.84. The molecular formula is C27H17F9O5S2. The number of halogens is 9. The third-order valence-corrected chi connectivity index (χ3v) is 8.61. The van der Waals surface area contributed by atoms with Gasteiger partial charge in [0.15, 0.2) is 15.5 Å². The van der Waals surface area contributed by atoms with Crippen molar-refractivity contribution in [1.29, 1.82) is 0 Å². The first-order valence-corrected chi connectivity index (χ1v) is 14.1. The first-order valence-electron chi connectivity index (χ1n) is 11.4. The minimum Gasteiger partial charge on any atom is -0.744 e. The number of aromatic hydroxyl groups is 2. The van der Waals surface area contributed by atoms with Crippen LogP contribution in [0.2, 0.25) is 0 Å². The molecule has 0 spiro atoms. The van der Waals surface area contributed by atoms with Crippen LogP contribution in [0.25, 0.3) is 0 Å². The topological polar surface area (TPSA) is 97.7 Å². The lowest BCUT2D eigenvalue weighted by Crippen LogP contribution is -2.22. The van der Waals surface area contributed by atoms with Crippen molar-refractivity contribution in [2.24, 2.45) is 0 Å². The van der Waals surface area contributed by atoms with Crippen molar-refractivity contribution < 1.29 is 62.7 Å². The molecule has 0 atom stereocenters. The Hall–Kier alpha value is -3.89. The molecule has 43 heavy (non-hydrogen) atoms. The van der Waals surface area contributed by atoms with Gasteiger partial charge in [0.2, 0.25) is 4.90 Å². The largest absolute Gasteiger partial charge is 0.744 e. The van der Waals surface area contributed by atoms with Crippen LogP contribution >= 0.6 is 0 Å². The van der Waals surface area contributed by atoms with Crippen molar-refractivity contribution in [3.63, 3.8) is 0 Å². The summed E-state index contributed by atoms with van der Waals surface area (Å²) in [5.74, 6) is 0.187. The summed E-state index contributed by atoms with van der Waals surface area (Å²) >= 11 is 0. The molecule has 0 bridgehead atoms. The number of hydrogen-bond donors (Lipinski definition) is 2. The van der Waals surface area contributed by atoms with Crippen molar-refractivity contribution in [2.45, 2.75) is 38.1 Å². The van der Waals surface area contributed by atoms with E-state index in [9.17, 15) is 62.7 Å². The fraction of sp³-hybridized carbons (Fsp3) is 0.111. The highest BCUT2D eigenvalue weighted by molar-refractivity contribution is 7.97. The normalized spacial score (nSPS) is 12.5. The maximum absolute atomic E-state index is 12.6. The van der Waals surface area contributed by atoms with Crippen LogP contribution < -0.4 is 0 Å². The minimum absolute atomic E-state index is 0.0703. The van der Waals surface area contributed by atoms with Gasteiger partial charge >= 0.3 is 18.5 Å². The van der Waals surface area contributed by atoms with Crippen molar-refractivity contribution in [2.75, 3.05) is 0 Å². The van der Waals surface area contributed by atoms with E-state index in [1.54, 1.807) is 12.1 Å². The molecule has 0 amide bonds. The molecule has 0 saturated carbocycles. The second kappa shape index (κ2) is 12.4. The van der Waals surface area contributed by atoms with Crippen LogP contribution in [0.15, 0.2) is 111 Å². The number of alkyl halides is 9. The number of hydrogen-bond acceptors (Lipinski definition) is 5. The molecule has 0 saturated heterocycles. The fourth-order valence-electron chi connectivity index (χ4n) is 3.66. The second-order valence-electron chi connectivity index (χ2n) is 8.43. The highest BCUT2D eigenvalue weighted by Gasteiger charge is 2.46. The Kier molecular flexibility index (Phi) is 9.68. The van der Waals surface area contributed by atoms with Gasteiger partial charge in [-0.1, -0.05) is 36.4 Å². The van der Waals surface area contributed by atoms with E-state index >= 15 is 0 Å². The molecule has 4 aromatic rings. The molecule has 0 fully saturated rings. The third-order valence-electron chi connectivity index (χ3n) is 5.40. The van der Waals surface area contributed by atoms with E-state index in [2.05, 4.69) is 24.3 Å². The van der Waals surface area contributed by atoms with Gasteiger partial charge in [0.25, 0.3) is 0 Å². The van der Waals surface area contributed by atoms with E-state index in [0.29, 0.717) is 0 Å². The van der Waals surface area contributed by atoms with Crippen LogP contribution in [0.5, 0.6) is 11.5 Å². The van der Waals surface area contributed by atoms with Gasteiger partial charge in [-0.05, 0) is 42.5 Å². The van der Waals surface area contributed by atoms with Crippen molar-refractivity contribution >= 4 is 21.0 Å². The molecule has 0 aliphatic carbocycles. The van der Waals surface area contributed by atoms with E-state index in [0.717, 1.165) is 14.7 Å². The number of rotatable bonds is 4. The summed E-state index contributed by atoms with van der Waals surface area (Å²) in [6.45, 7) is 0. The number of phenols is 2. The lowest BCUT2D eigenvalue weighted by molar-refractivity contribution is -0.152. The van der Waals surface area contributed by atoms with Gasteiger partial charge in [-0.3, -0.25) is 0 Å². The molecule has 230 valence electrons. The van der Waals surface area contributed by atoms with Crippen LogP contribution in [0.4, 0.5) is 39.5 Å². The molecule has 5 nitrogen and oxygen atoms in total. The van der Waals surface area contributed by atoms with Gasteiger partial charge < -0.3 is 14.8 Å². The average Bonchev–Trinajstić information content (AvgIpc) is 2.89. The highest BCUT2D eigenvalue weighted by Crippen LogP contribution is 2.45. The van der Waals surface area contributed by atoms with E-state index in [4.69, 9.17) is 0 Å². The number of benzene rings is 4. The minimum atomic E-state index is -6.35. The Bertz CT molecular complexity index is 1600. The molecule has 0 unspecified atom stereocenters. The maximum atomic E-state index is 12.6. The van der Waals surface area contributed by atoms with Crippen LogP contribution in [0.3, 0.4) is 0 Å². The zero-order chi connectivity index (χ0) is 32.4. The Morgan fingerprint density at radius 1 is 0.605 bits per heavy atom. The molecule has 0 radical (unpaired) electrons. The van der Waals surface area contributed by atoms with Gasteiger partial charge in [-0.25, -0.2) is 8.42 Å². The monoisotopic (exact) mass is 656 g/mol. The van der Waals surface area contributed by atoms with Gasteiger partial charge in [-0.15, -0.1) is 0 Å². The summed E-state index contributed by atoms with van der Waals surface area (Å²) in [5.41, 5.74) is -8.05. The Balaban J connectivity index is 0.000000235. The standard InChI is InChI=1S/C18H14O2S.C9H3F9O3S/c19-14-11-12-18(17(20)13-14)21(15-7-3-1-4-8-15)16-9-5-2-6-10-16;10-7(11,12)3-1-4(8(13,14)15)6(22(19,20)21)5(2-3)9(16,17)18/h1-13H,(H-,19,20);1-2H,(H,19,20,21). The van der Waals surface area contributed by atoms with Gasteiger partial charge in [0.1, 0.15) is 26.8 Å². The molecule has 16 heteroatoms. The van der Waals surface area contributed by atoms with Gasteiger partial charge in [-0.2, -0.15) is 39.5 Å². The molecule has 0 aliphatic rings. The fourth-order valence-corrected chi connectivity index (χ4v) is 6.66. The lowest BCUT2D eigenvalue weighted by Gasteiger charge is -2.22. The molecule has 0 aliphatic heterocycles. The smallest absolute Gasteiger partial charge is 0.417 e. The zero-order valence-corrected chi connectivity index (χ0v) is 22.6. The molecule has 4 aromatic carbocycles. The van der Waals surface area contributed by atoms with Gasteiger partial charge in [0.05, 0.1) is 21.6 Å². The average molecular weight is 657 g/mol. The highest BCUT2D eigenvalue weighted by atomic mass is 32.2. The summed E-state index contributed by atoms with van der Waals surface area (Å²) < 4.78 is 145. The number of phenolic OH excluding ortho intramolecular Hbond substituents is 2. The third kappa shape index (κ3) is 8.36. The molecule has 4 rings (SSSR count). The summed E-state index contributed by atoms with van der Waals surface area (Å²) in [4.78, 5) is 0.278. The lowest BCUT2D eigenvalue weighted by atomic mass is 10.0. The second-order valence-corrected chi connectivity index (χ2v) is 11.7. The Morgan fingerprint density at radius 2 is 1.02 bits per heavy atom. The quantitative estimate of drug-likeness (QED) is 0.133. The predicted molar refractivity (Wildman–Crippen MR) is 134 cm³/mol. The zero-order valence-electron chi connectivity index (χ0n) is 21.0. The summed E-state index contributed by atoms with van der Waals surface area (Å²) in [6, 6.07) is 23.2. The van der Waals surface area contributed by atoms with E-state index in [1.165, 1.54) is 6.07 Å². The molecule has 2 N–H and O–H groups in total. The van der Waals surface area contributed by atoms with Crippen molar-refractivity contribution in [3.05, 3.63) is 108 Å². The molecule has 0 heterocycles. The summed E-state index contributed by atoms with van der Waals surface area (Å²) in [7, 11) is -6.75. The van der Waals surface area contributed by atoms with Crippen LogP contribution in [-0.4, -0.2) is 23.2 Å².